The molecule has 12 heteroatoms. The van der Waals surface area contributed by atoms with Gasteiger partial charge in [0.25, 0.3) is 5.91 Å². The van der Waals surface area contributed by atoms with Crippen LogP contribution in [-0.2, 0) is 45.0 Å². The molecule has 1 unspecified atom stereocenters. The van der Waals surface area contributed by atoms with E-state index in [-0.39, 0.29) is 24.1 Å². The number of amides is 1. The molecule has 4 aromatic rings. The van der Waals surface area contributed by atoms with Crippen LogP contribution in [0.25, 0.3) is 0 Å². The van der Waals surface area contributed by atoms with E-state index in [2.05, 4.69) is 15.2 Å². The van der Waals surface area contributed by atoms with E-state index in [0.29, 0.717) is 56.9 Å². The number of morpholine rings is 1. The Morgan fingerprint density at radius 2 is 1.67 bits per heavy atom. The topological polar surface area (TPSA) is 94.9 Å². The Bertz CT molecular complexity index is 1720. The molecule has 0 saturated carbocycles. The van der Waals surface area contributed by atoms with Crippen molar-refractivity contribution in [3.8, 4) is 0 Å². The summed E-state index contributed by atoms with van der Waals surface area (Å²) in [6.07, 6.45) is 8.27. The number of aryl methyl sites for hydroxylation is 2. The largest absolute Gasteiger partial charge is 0.457 e. The number of aromatic nitrogens is 2. The van der Waals surface area contributed by atoms with Gasteiger partial charge in [-0.1, -0.05) is 36.4 Å². The highest BCUT2D eigenvalue weighted by Gasteiger charge is 2.32. The molecule has 5 rings (SSSR count). The highest BCUT2D eigenvalue weighted by Crippen LogP contribution is 2.24. The molecule has 278 valence electrons. The van der Waals surface area contributed by atoms with Gasteiger partial charge in [0, 0.05) is 37.6 Å². The minimum Gasteiger partial charge on any atom is -0.457 e. The lowest BCUT2D eigenvalue weighted by molar-refractivity contribution is -0.161. The van der Waals surface area contributed by atoms with Gasteiger partial charge in [-0.2, -0.15) is 11.8 Å². The van der Waals surface area contributed by atoms with Crippen molar-refractivity contribution in [2.75, 3.05) is 44.9 Å². The second-order valence-corrected chi connectivity index (χ2v) is 14.6. The predicted molar refractivity (Wildman–Crippen MR) is 198 cm³/mol. The SMILES string of the molecule is CSCC[C@H](NC(=O)c1ccc(COC(Cn2ccnc2)c2ccc(F)cc2)cc1CCc1ccc(F)cc1)C(=O)OC(C)(C)CN1CCOCC1. The normalized spacial score (nSPS) is 14.9. The standard InChI is InChI=1S/C40H48F2N4O5S/c1-40(2,27-45-19-21-49-22-20-45)51-39(48)36(16-23-52-3)44-38(47)35-15-7-30(24-32(35)8-4-29-5-11-33(41)12-6-29)26-50-37(25-46-18-17-43-28-46)31-9-13-34(42)14-10-31/h5-7,9-15,17-18,24,28,36-37H,4,8,16,19-23,25-27H2,1-3H3,(H,44,47)/t36-,37?/m0/s1. The number of hydrogen-bond donors (Lipinski definition) is 1. The van der Waals surface area contributed by atoms with Crippen LogP contribution < -0.4 is 5.32 Å². The Kier molecular flexibility index (Phi) is 14.4. The molecule has 0 spiro atoms. The summed E-state index contributed by atoms with van der Waals surface area (Å²) in [5.74, 6) is -0.828. The number of nitrogens with one attached hydrogen (secondary N) is 1. The molecular weight excluding hydrogens is 687 g/mol. The molecule has 1 aliphatic rings. The first kappa shape index (κ1) is 39.1. The lowest BCUT2D eigenvalue weighted by atomic mass is 9.96. The van der Waals surface area contributed by atoms with Crippen molar-refractivity contribution in [2.24, 2.45) is 0 Å². The fourth-order valence-corrected chi connectivity index (χ4v) is 6.68. The van der Waals surface area contributed by atoms with Gasteiger partial charge in [-0.25, -0.2) is 18.6 Å². The third-order valence-electron chi connectivity index (χ3n) is 8.92. The van der Waals surface area contributed by atoms with Gasteiger partial charge in [-0.15, -0.1) is 0 Å². The van der Waals surface area contributed by atoms with E-state index in [0.717, 1.165) is 35.3 Å². The smallest absolute Gasteiger partial charge is 0.329 e. The molecule has 1 fully saturated rings. The van der Waals surface area contributed by atoms with Crippen LogP contribution >= 0.6 is 11.8 Å². The molecule has 1 N–H and O–H groups in total. The molecule has 52 heavy (non-hydrogen) atoms. The number of rotatable bonds is 18. The summed E-state index contributed by atoms with van der Waals surface area (Å²) in [5, 5.41) is 2.98. The molecule has 1 aromatic heterocycles. The number of carbonyl (C=O) groups excluding carboxylic acids is 2. The van der Waals surface area contributed by atoms with Gasteiger partial charge in [0.05, 0.1) is 32.7 Å². The van der Waals surface area contributed by atoms with E-state index in [1.807, 2.05) is 43.0 Å². The predicted octanol–water partition coefficient (Wildman–Crippen LogP) is 6.41. The van der Waals surface area contributed by atoms with Crippen molar-refractivity contribution in [2.45, 2.75) is 64.0 Å². The number of benzene rings is 3. The minimum absolute atomic E-state index is 0.225. The van der Waals surface area contributed by atoms with Crippen molar-refractivity contribution in [3.63, 3.8) is 0 Å². The second-order valence-electron chi connectivity index (χ2n) is 13.6. The molecule has 2 heterocycles. The second kappa shape index (κ2) is 19.1. The quantitative estimate of drug-likeness (QED) is 0.117. The summed E-state index contributed by atoms with van der Waals surface area (Å²) in [6, 6.07) is 17.3. The molecule has 1 amide bonds. The van der Waals surface area contributed by atoms with E-state index in [9.17, 15) is 18.4 Å². The summed E-state index contributed by atoms with van der Waals surface area (Å²) < 4.78 is 47.2. The van der Waals surface area contributed by atoms with E-state index < -0.39 is 23.7 Å². The molecule has 2 atom stereocenters. The van der Waals surface area contributed by atoms with Crippen molar-refractivity contribution in [1.29, 1.82) is 0 Å². The average molecular weight is 735 g/mol. The molecule has 3 aromatic carbocycles. The van der Waals surface area contributed by atoms with E-state index in [4.69, 9.17) is 14.2 Å². The van der Waals surface area contributed by atoms with Crippen LogP contribution in [0.1, 0.15) is 59.0 Å². The van der Waals surface area contributed by atoms with E-state index in [1.54, 1.807) is 54.6 Å². The Hall–Kier alpha value is -4.10. The van der Waals surface area contributed by atoms with Crippen LogP contribution in [0.3, 0.4) is 0 Å². The maximum absolute atomic E-state index is 14.0. The Labute approximate surface area is 309 Å². The number of esters is 1. The van der Waals surface area contributed by atoms with Crippen LogP contribution in [0, 0.1) is 11.6 Å². The molecule has 0 aliphatic carbocycles. The third-order valence-corrected chi connectivity index (χ3v) is 9.57. The summed E-state index contributed by atoms with van der Waals surface area (Å²) in [4.78, 5) is 33.9. The molecule has 0 radical (unpaired) electrons. The van der Waals surface area contributed by atoms with Crippen molar-refractivity contribution in [3.05, 3.63) is 125 Å². The zero-order valence-corrected chi connectivity index (χ0v) is 30.9. The number of carbonyl (C=O) groups is 2. The average Bonchev–Trinajstić information content (AvgIpc) is 3.65. The zero-order chi connectivity index (χ0) is 36.9. The first-order valence-electron chi connectivity index (χ1n) is 17.6. The third kappa shape index (κ3) is 12.0. The van der Waals surface area contributed by atoms with Crippen molar-refractivity contribution in [1.82, 2.24) is 19.8 Å². The number of hydrogen-bond acceptors (Lipinski definition) is 8. The molecule has 9 nitrogen and oxygen atoms in total. The van der Waals surface area contributed by atoms with Gasteiger partial charge in [0.15, 0.2) is 0 Å². The van der Waals surface area contributed by atoms with Gasteiger partial charge in [-0.05, 0) is 97.7 Å². The van der Waals surface area contributed by atoms with Gasteiger partial charge < -0.3 is 24.1 Å². The van der Waals surface area contributed by atoms with Crippen LogP contribution in [0.5, 0.6) is 0 Å². The van der Waals surface area contributed by atoms with Gasteiger partial charge in [-0.3, -0.25) is 9.69 Å². The maximum atomic E-state index is 14.0. The van der Waals surface area contributed by atoms with Crippen LogP contribution in [0.15, 0.2) is 85.5 Å². The minimum atomic E-state index is -0.837. The molecule has 1 aliphatic heterocycles. The monoisotopic (exact) mass is 734 g/mol. The Morgan fingerprint density at radius 1 is 0.981 bits per heavy atom. The van der Waals surface area contributed by atoms with E-state index in [1.165, 1.54) is 24.3 Å². The fraction of sp³-hybridized carbons (Fsp3) is 0.425. The molecule has 0 bridgehead atoms. The van der Waals surface area contributed by atoms with Gasteiger partial charge >= 0.3 is 5.97 Å². The van der Waals surface area contributed by atoms with Crippen LogP contribution in [-0.4, -0.2) is 82.8 Å². The Balaban J connectivity index is 1.34. The lowest BCUT2D eigenvalue weighted by Crippen LogP contribution is -2.50. The number of thioether (sulfide) groups is 1. The highest BCUT2D eigenvalue weighted by atomic mass is 32.2. The molecule has 1 saturated heterocycles. The van der Waals surface area contributed by atoms with Crippen molar-refractivity contribution < 1.29 is 32.6 Å². The number of ether oxygens (including phenoxy) is 3. The summed E-state index contributed by atoms with van der Waals surface area (Å²) >= 11 is 1.59. The molecular formula is C40H48F2N4O5S. The first-order valence-corrected chi connectivity index (χ1v) is 19.0. The first-order chi connectivity index (χ1) is 25.1. The number of halogens is 2. The summed E-state index contributed by atoms with van der Waals surface area (Å²) in [6.45, 7) is 7.86. The fourth-order valence-electron chi connectivity index (χ4n) is 6.20. The summed E-state index contributed by atoms with van der Waals surface area (Å²) in [7, 11) is 0. The maximum Gasteiger partial charge on any atom is 0.329 e. The zero-order valence-electron chi connectivity index (χ0n) is 30.1. The highest BCUT2D eigenvalue weighted by molar-refractivity contribution is 7.98. The van der Waals surface area contributed by atoms with E-state index >= 15 is 0 Å². The number of nitrogens with zero attached hydrogens (tertiary/aromatic N) is 3. The number of imidazole rings is 1. The van der Waals surface area contributed by atoms with Gasteiger partial charge in [0.1, 0.15) is 29.4 Å². The van der Waals surface area contributed by atoms with Gasteiger partial charge in [0.2, 0.25) is 0 Å². The Morgan fingerprint density at radius 3 is 2.35 bits per heavy atom. The summed E-state index contributed by atoms with van der Waals surface area (Å²) in [5.41, 5.74) is 3.03. The van der Waals surface area contributed by atoms with Crippen LogP contribution in [0.2, 0.25) is 0 Å². The van der Waals surface area contributed by atoms with Crippen molar-refractivity contribution >= 4 is 23.6 Å². The van der Waals surface area contributed by atoms with Crippen LogP contribution in [0.4, 0.5) is 8.78 Å². The lowest BCUT2D eigenvalue weighted by Gasteiger charge is -2.35.